The quantitative estimate of drug-likeness (QED) is 0.663. The van der Waals surface area contributed by atoms with E-state index < -0.39 is 11.1 Å². The van der Waals surface area contributed by atoms with Gasteiger partial charge in [0.15, 0.2) is 11.1 Å². The molecule has 1 aromatic rings. The monoisotopic (exact) mass is 172 g/mol. The predicted molar refractivity (Wildman–Crippen MR) is 41.4 cm³/mol. The van der Waals surface area contributed by atoms with Gasteiger partial charge in [-0.15, -0.1) is 0 Å². The van der Waals surface area contributed by atoms with Crippen molar-refractivity contribution in [2.24, 2.45) is 0 Å². The second-order valence-corrected chi connectivity index (χ2v) is 3.02. The van der Waals surface area contributed by atoms with Crippen LogP contribution in [0.25, 0.3) is 0 Å². The number of hydrogen-bond donors (Lipinski definition) is 1. The van der Waals surface area contributed by atoms with E-state index >= 15 is 0 Å². The molecule has 60 valence electrons. The van der Waals surface area contributed by atoms with Crippen molar-refractivity contribution in [1.29, 1.82) is 0 Å². The molecule has 0 aromatic carbocycles. The van der Waals surface area contributed by atoms with Crippen LogP contribution in [0.4, 0.5) is 0 Å². The number of nitrogens with zero attached hydrogens (tertiary/aromatic N) is 2. The van der Waals surface area contributed by atoms with E-state index in [1.807, 2.05) is 0 Å². The summed E-state index contributed by atoms with van der Waals surface area (Å²) >= 11 is -1.73. The molecule has 0 amide bonds. The zero-order chi connectivity index (χ0) is 8.10. The lowest BCUT2D eigenvalue weighted by atomic mass is 10.4. The summed E-state index contributed by atoms with van der Waals surface area (Å²) in [5.41, 5.74) is 0.745. The van der Waals surface area contributed by atoms with Gasteiger partial charge in [0.1, 0.15) is 0 Å². The Morgan fingerprint density at radius 2 is 2.36 bits per heavy atom. The Morgan fingerprint density at radius 1 is 1.55 bits per heavy atom. The molecule has 0 radical (unpaired) electrons. The number of rotatable bonds is 3. The molecule has 0 fully saturated rings. The van der Waals surface area contributed by atoms with Gasteiger partial charge in [-0.2, -0.15) is 0 Å². The Hall–Kier alpha value is -0.810. The van der Waals surface area contributed by atoms with Crippen LogP contribution in [0.5, 0.6) is 0 Å². The average Bonchev–Trinajstić information content (AvgIpc) is 2.03. The summed E-state index contributed by atoms with van der Waals surface area (Å²) in [6.07, 6.45) is 5.22. The van der Waals surface area contributed by atoms with Crippen molar-refractivity contribution in [2.45, 2.75) is 6.42 Å². The van der Waals surface area contributed by atoms with Gasteiger partial charge in [0.05, 0.1) is 11.4 Å². The van der Waals surface area contributed by atoms with Crippen molar-refractivity contribution in [3.63, 3.8) is 0 Å². The maximum atomic E-state index is 10.2. The lowest BCUT2D eigenvalue weighted by Gasteiger charge is -1.94. The molecule has 1 unspecified atom stereocenters. The minimum Gasteiger partial charge on any atom is -0.306 e. The van der Waals surface area contributed by atoms with Crippen LogP contribution in [-0.2, 0) is 17.5 Å². The largest absolute Gasteiger partial charge is 0.306 e. The molecule has 4 nitrogen and oxygen atoms in total. The summed E-state index contributed by atoms with van der Waals surface area (Å²) in [6, 6.07) is 0. The van der Waals surface area contributed by atoms with Gasteiger partial charge in [-0.1, -0.05) is 0 Å². The molecule has 0 saturated heterocycles. The summed E-state index contributed by atoms with van der Waals surface area (Å²) in [5.74, 6) is 0.221. The molecular weight excluding hydrogens is 164 g/mol. The third-order valence-corrected chi connectivity index (χ3v) is 1.70. The van der Waals surface area contributed by atoms with E-state index in [0.717, 1.165) is 5.69 Å². The van der Waals surface area contributed by atoms with Crippen LogP contribution in [0.1, 0.15) is 5.69 Å². The minimum absolute atomic E-state index is 0.221. The predicted octanol–water partition coefficient (Wildman–Crippen LogP) is 0.241. The summed E-state index contributed by atoms with van der Waals surface area (Å²) in [5, 5.41) is 0. The van der Waals surface area contributed by atoms with Gasteiger partial charge in [0, 0.05) is 25.0 Å². The van der Waals surface area contributed by atoms with E-state index in [1.165, 1.54) is 0 Å². The van der Waals surface area contributed by atoms with Gasteiger partial charge in [0.25, 0.3) is 0 Å². The highest BCUT2D eigenvalue weighted by molar-refractivity contribution is 7.79. The van der Waals surface area contributed by atoms with Crippen LogP contribution in [0.3, 0.4) is 0 Å². The summed E-state index contributed by atoms with van der Waals surface area (Å²) in [6.45, 7) is 0. The van der Waals surface area contributed by atoms with Crippen molar-refractivity contribution in [3.05, 3.63) is 24.3 Å². The second-order valence-electron chi connectivity index (χ2n) is 1.97. The summed E-state index contributed by atoms with van der Waals surface area (Å²) in [4.78, 5) is 7.76. The van der Waals surface area contributed by atoms with E-state index in [2.05, 4.69) is 9.97 Å². The maximum Gasteiger partial charge on any atom is 0.153 e. The van der Waals surface area contributed by atoms with Gasteiger partial charge >= 0.3 is 0 Å². The topological polar surface area (TPSA) is 63.1 Å². The van der Waals surface area contributed by atoms with Gasteiger partial charge in [0.2, 0.25) is 0 Å². The first-order valence-corrected chi connectivity index (χ1v) is 4.39. The Kier molecular flexibility index (Phi) is 3.13. The highest BCUT2D eigenvalue weighted by Gasteiger charge is 1.96. The fourth-order valence-electron chi connectivity index (χ4n) is 0.651. The van der Waals surface area contributed by atoms with Gasteiger partial charge in [-0.05, 0) is 0 Å². The summed E-state index contributed by atoms with van der Waals surface area (Å²) < 4.78 is 18.7. The zero-order valence-electron chi connectivity index (χ0n) is 5.80. The summed E-state index contributed by atoms with van der Waals surface area (Å²) in [7, 11) is 0. The maximum absolute atomic E-state index is 10.2. The van der Waals surface area contributed by atoms with Gasteiger partial charge in [-0.3, -0.25) is 9.97 Å². The Balaban J connectivity index is 2.45. The highest BCUT2D eigenvalue weighted by atomic mass is 32.2. The molecule has 0 aliphatic rings. The number of hydrogen-bond acceptors (Lipinski definition) is 3. The number of aryl methyl sites for hydroxylation is 1. The Morgan fingerprint density at radius 3 is 2.91 bits per heavy atom. The molecule has 0 aliphatic carbocycles. The van der Waals surface area contributed by atoms with Crippen LogP contribution in [0, 0.1) is 0 Å². The molecule has 5 heteroatoms. The van der Waals surface area contributed by atoms with Crippen molar-refractivity contribution in [1.82, 2.24) is 9.97 Å². The SMILES string of the molecule is O=S(O)CCc1cnccn1. The molecule has 1 rings (SSSR count). The lowest BCUT2D eigenvalue weighted by Crippen LogP contribution is -2.00. The molecule has 0 saturated carbocycles. The minimum atomic E-state index is -1.73. The second kappa shape index (κ2) is 4.15. The van der Waals surface area contributed by atoms with E-state index in [-0.39, 0.29) is 5.75 Å². The standard InChI is InChI=1S/C6H8N2O2S/c9-11(10)4-1-6-5-7-2-3-8-6/h2-3,5H,1,4H2,(H,9,10). The van der Waals surface area contributed by atoms with E-state index in [9.17, 15) is 4.21 Å². The number of aromatic nitrogens is 2. The zero-order valence-corrected chi connectivity index (χ0v) is 6.62. The third kappa shape index (κ3) is 3.20. The van der Waals surface area contributed by atoms with E-state index in [1.54, 1.807) is 18.6 Å². The van der Waals surface area contributed by atoms with Crippen molar-refractivity contribution in [2.75, 3.05) is 5.75 Å². The van der Waals surface area contributed by atoms with Crippen LogP contribution < -0.4 is 0 Å². The highest BCUT2D eigenvalue weighted by Crippen LogP contribution is 1.92. The smallest absolute Gasteiger partial charge is 0.153 e. The molecule has 1 atom stereocenters. The van der Waals surface area contributed by atoms with Crippen molar-refractivity contribution >= 4 is 11.1 Å². The van der Waals surface area contributed by atoms with Crippen LogP contribution >= 0.6 is 0 Å². The first kappa shape index (κ1) is 8.29. The molecule has 1 heterocycles. The van der Waals surface area contributed by atoms with Gasteiger partial charge in [-0.25, -0.2) is 4.21 Å². The van der Waals surface area contributed by atoms with E-state index in [4.69, 9.17) is 4.55 Å². The third-order valence-electron chi connectivity index (χ3n) is 1.15. The van der Waals surface area contributed by atoms with Crippen LogP contribution in [0.2, 0.25) is 0 Å². The molecule has 1 N–H and O–H groups in total. The normalized spacial score (nSPS) is 12.8. The first-order chi connectivity index (χ1) is 5.29. The Bertz CT molecular complexity index is 240. The molecule has 11 heavy (non-hydrogen) atoms. The van der Waals surface area contributed by atoms with Crippen LogP contribution in [-0.4, -0.2) is 24.5 Å². The molecule has 0 bridgehead atoms. The van der Waals surface area contributed by atoms with Crippen molar-refractivity contribution in [3.8, 4) is 0 Å². The van der Waals surface area contributed by atoms with E-state index in [0.29, 0.717) is 6.42 Å². The fraction of sp³-hybridized carbons (Fsp3) is 0.333. The molecular formula is C6H8N2O2S. The van der Waals surface area contributed by atoms with Crippen LogP contribution in [0.15, 0.2) is 18.6 Å². The Labute approximate surface area is 67.0 Å². The van der Waals surface area contributed by atoms with Gasteiger partial charge < -0.3 is 4.55 Å². The molecule has 1 aromatic heterocycles. The molecule has 0 aliphatic heterocycles. The first-order valence-electron chi connectivity index (χ1n) is 3.11. The fourth-order valence-corrected chi connectivity index (χ4v) is 1.03. The lowest BCUT2D eigenvalue weighted by molar-refractivity contribution is 0.563. The van der Waals surface area contributed by atoms with Crippen molar-refractivity contribution < 1.29 is 8.76 Å². The average molecular weight is 172 g/mol. The molecule has 0 spiro atoms.